The summed E-state index contributed by atoms with van der Waals surface area (Å²) in [7, 11) is 0. The number of rotatable bonds is 1. The first kappa shape index (κ1) is 20.7. The summed E-state index contributed by atoms with van der Waals surface area (Å²) in [5.41, 5.74) is -0.422. The second kappa shape index (κ2) is 6.81. The number of nitrogens with zero attached hydrogens (tertiary/aromatic N) is 3. The van der Waals surface area contributed by atoms with E-state index in [1.165, 1.54) is 12.1 Å². The van der Waals surface area contributed by atoms with Crippen molar-refractivity contribution in [3.63, 3.8) is 0 Å². The fourth-order valence-corrected chi connectivity index (χ4v) is 7.02. The minimum Gasteiger partial charge on any atom is -0.323 e. The molecule has 1 N–H and O–H groups in total. The van der Waals surface area contributed by atoms with Gasteiger partial charge in [0.05, 0.1) is 22.5 Å². The third kappa shape index (κ3) is 2.43. The van der Waals surface area contributed by atoms with Gasteiger partial charge in [0.15, 0.2) is 0 Å². The first-order valence-corrected chi connectivity index (χ1v) is 11.5. The Hall–Kier alpha value is -1.90. The van der Waals surface area contributed by atoms with E-state index in [0.717, 1.165) is 11.3 Å². The van der Waals surface area contributed by atoms with Crippen LogP contribution in [0, 0.1) is 11.8 Å². The standard InChI is InChI=1S/C21H14Cl4N4O3/c22-8-4-10-17(11(24)5-8)27-20(32)21(10)16-15(12-2-1-3-28(12)21)18(30)29(19(16)31)14-7-9(23)6-13(25)26-14/h4-7,12,15-16H,1-3H2,(H,27,32). The lowest BCUT2D eigenvalue weighted by molar-refractivity contribution is -0.135. The van der Waals surface area contributed by atoms with Crippen molar-refractivity contribution in [2.24, 2.45) is 11.8 Å². The van der Waals surface area contributed by atoms with Gasteiger partial charge in [-0.15, -0.1) is 0 Å². The number of aromatic nitrogens is 1. The Labute approximate surface area is 202 Å². The summed E-state index contributed by atoms with van der Waals surface area (Å²) in [6.45, 7) is 0.580. The van der Waals surface area contributed by atoms with E-state index in [9.17, 15) is 14.4 Å². The Bertz CT molecular complexity index is 1230. The number of hydrogen-bond acceptors (Lipinski definition) is 5. The number of pyridine rings is 1. The largest absolute Gasteiger partial charge is 0.323 e. The minimum absolute atomic E-state index is 0.0503. The van der Waals surface area contributed by atoms with E-state index in [-0.39, 0.29) is 33.0 Å². The predicted molar refractivity (Wildman–Crippen MR) is 120 cm³/mol. The van der Waals surface area contributed by atoms with Gasteiger partial charge in [0.2, 0.25) is 11.8 Å². The molecule has 164 valence electrons. The van der Waals surface area contributed by atoms with Crippen LogP contribution in [0.1, 0.15) is 18.4 Å². The summed E-state index contributed by atoms with van der Waals surface area (Å²) in [4.78, 5) is 48.2. The van der Waals surface area contributed by atoms with Crippen molar-refractivity contribution < 1.29 is 14.4 Å². The van der Waals surface area contributed by atoms with Gasteiger partial charge in [-0.2, -0.15) is 0 Å². The molecule has 11 heteroatoms. The third-order valence-corrected chi connectivity index (χ3v) is 7.92. The van der Waals surface area contributed by atoms with Gasteiger partial charge in [-0.1, -0.05) is 46.4 Å². The molecule has 1 spiro atoms. The molecule has 32 heavy (non-hydrogen) atoms. The van der Waals surface area contributed by atoms with Crippen LogP contribution < -0.4 is 10.2 Å². The first-order chi connectivity index (χ1) is 15.2. The number of nitrogens with one attached hydrogen (secondary N) is 1. The lowest BCUT2D eigenvalue weighted by Crippen LogP contribution is -2.54. The van der Waals surface area contributed by atoms with Crippen LogP contribution in [0.2, 0.25) is 20.2 Å². The van der Waals surface area contributed by atoms with E-state index in [1.54, 1.807) is 12.1 Å². The van der Waals surface area contributed by atoms with Crippen LogP contribution in [0.5, 0.6) is 0 Å². The monoisotopic (exact) mass is 510 g/mol. The highest BCUT2D eigenvalue weighted by atomic mass is 35.5. The highest BCUT2D eigenvalue weighted by Crippen LogP contribution is 2.61. The van der Waals surface area contributed by atoms with Crippen molar-refractivity contribution in [3.8, 4) is 0 Å². The summed E-state index contributed by atoms with van der Waals surface area (Å²) >= 11 is 24.8. The molecular weight excluding hydrogens is 498 g/mol. The van der Waals surface area contributed by atoms with Gasteiger partial charge in [0.1, 0.15) is 16.5 Å². The SMILES string of the molecule is O=C1C2C3CCCN3C3(C(=O)Nc4c(Cl)cc(Cl)cc43)C2C(=O)N1c1cc(Cl)cc(Cl)n1. The lowest BCUT2D eigenvalue weighted by Gasteiger charge is -2.36. The fraction of sp³-hybridized carbons (Fsp3) is 0.333. The van der Waals surface area contributed by atoms with Gasteiger partial charge in [-0.25, -0.2) is 9.88 Å². The Kier molecular flexibility index (Phi) is 4.40. The molecule has 1 aromatic carbocycles. The molecule has 1 aromatic heterocycles. The Balaban J connectivity index is 1.58. The summed E-state index contributed by atoms with van der Waals surface area (Å²) in [6, 6.07) is 5.77. The van der Waals surface area contributed by atoms with Crippen molar-refractivity contribution in [1.29, 1.82) is 0 Å². The van der Waals surface area contributed by atoms with Gasteiger partial charge < -0.3 is 5.32 Å². The smallest absolute Gasteiger partial charge is 0.250 e. The average molecular weight is 512 g/mol. The van der Waals surface area contributed by atoms with Crippen molar-refractivity contribution in [3.05, 3.63) is 50.0 Å². The zero-order valence-corrected chi connectivity index (χ0v) is 19.3. The van der Waals surface area contributed by atoms with Crippen LogP contribution in [0.4, 0.5) is 11.5 Å². The number of amides is 3. The minimum atomic E-state index is -1.38. The number of anilines is 2. The molecule has 4 aliphatic heterocycles. The molecule has 4 atom stereocenters. The number of benzene rings is 1. The van der Waals surface area contributed by atoms with Crippen molar-refractivity contribution >= 4 is 75.6 Å². The molecule has 3 saturated heterocycles. The van der Waals surface area contributed by atoms with Crippen LogP contribution in [0.25, 0.3) is 0 Å². The van der Waals surface area contributed by atoms with Crippen LogP contribution in [-0.4, -0.2) is 40.2 Å². The number of halogens is 4. The highest BCUT2D eigenvalue weighted by Gasteiger charge is 2.75. The molecular formula is C21H14Cl4N4O3. The number of fused-ring (bicyclic) bond motifs is 7. The molecule has 3 fully saturated rings. The predicted octanol–water partition coefficient (Wildman–Crippen LogP) is 4.13. The first-order valence-electron chi connectivity index (χ1n) is 10.0. The van der Waals surface area contributed by atoms with E-state index >= 15 is 0 Å². The molecule has 0 radical (unpaired) electrons. The number of hydrogen-bond donors (Lipinski definition) is 1. The van der Waals surface area contributed by atoms with E-state index in [0.29, 0.717) is 29.2 Å². The molecule has 0 aliphatic carbocycles. The maximum Gasteiger partial charge on any atom is 0.250 e. The van der Waals surface area contributed by atoms with Crippen LogP contribution in [0.15, 0.2) is 24.3 Å². The Morgan fingerprint density at radius 2 is 1.75 bits per heavy atom. The summed E-state index contributed by atoms with van der Waals surface area (Å²) < 4.78 is 0. The van der Waals surface area contributed by atoms with E-state index < -0.39 is 29.2 Å². The molecule has 4 aliphatic rings. The molecule has 0 bridgehead atoms. The van der Waals surface area contributed by atoms with Gasteiger partial charge in [-0.05, 0) is 37.6 Å². The molecule has 3 amide bonds. The van der Waals surface area contributed by atoms with E-state index in [1.807, 2.05) is 4.90 Å². The van der Waals surface area contributed by atoms with Crippen LogP contribution in [0.3, 0.4) is 0 Å². The number of carbonyl (C=O) groups is 3. The molecule has 6 rings (SSSR count). The zero-order valence-electron chi connectivity index (χ0n) is 16.2. The normalized spacial score (nSPS) is 30.8. The fourth-order valence-electron chi connectivity index (χ4n) is 6.02. The summed E-state index contributed by atoms with van der Waals surface area (Å²) in [5.74, 6) is -2.91. The van der Waals surface area contributed by atoms with Gasteiger partial charge in [0.25, 0.3) is 5.91 Å². The lowest BCUT2D eigenvalue weighted by atomic mass is 9.75. The zero-order chi connectivity index (χ0) is 22.5. The van der Waals surface area contributed by atoms with Crippen molar-refractivity contribution in [2.75, 3.05) is 16.8 Å². The second-order valence-electron chi connectivity index (χ2n) is 8.42. The van der Waals surface area contributed by atoms with Crippen molar-refractivity contribution in [2.45, 2.75) is 24.4 Å². The molecule has 7 nitrogen and oxygen atoms in total. The van der Waals surface area contributed by atoms with E-state index in [4.69, 9.17) is 46.4 Å². The molecule has 0 saturated carbocycles. The van der Waals surface area contributed by atoms with Gasteiger partial charge in [0, 0.05) is 27.7 Å². The topological polar surface area (TPSA) is 82.6 Å². The Morgan fingerprint density at radius 3 is 2.50 bits per heavy atom. The average Bonchev–Trinajstić information content (AvgIpc) is 3.40. The van der Waals surface area contributed by atoms with Gasteiger partial charge in [-0.3, -0.25) is 19.3 Å². The Morgan fingerprint density at radius 1 is 1.00 bits per heavy atom. The van der Waals surface area contributed by atoms with E-state index in [2.05, 4.69) is 10.3 Å². The molecule has 5 heterocycles. The van der Waals surface area contributed by atoms with Crippen LogP contribution in [-0.2, 0) is 19.9 Å². The number of carbonyl (C=O) groups excluding carboxylic acids is 3. The summed E-state index contributed by atoms with van der Waals surface area (Å²) in [5, 5.41) is 3.79. The number of imide groups is 1. The van der Waals surface area contributed by atoms with Crippen LogP contribution >= 0.6 is 46.4 Å². The summed E-state index contributed by atoms with van der Waals surface area (Å²) in [6.07, 6.45) is 1.49. The third-order valence-electron chi connectivity index (χ3n) is 6.99. The maximum atomic E-state index is 13.8. The molecule has 4 unspecified atom stereocenters. The maximum absolute atomic E-state index is 13.8. The highest BCUT2D eigenvalue weighted by molar-refractivity contribution is 6.38. The van der Waals surface area contributed by atoms with Crippen molar-refractivity contribution in [1.82, 2.24) is 9.88 Å². The second-order valence-corrected chi connectivity index (χ2v) is 10.1. The quantitative estimate of drug-likeness (QED) is 0.460. The van der Waals surface area contributed by atoms with Gasteiger partial charge >= 0.3 is 0 Å². The molecule has 2 aromatic rings.